The number of methoxy groups -OCH3 is 1. The molecule has 0 spiro atoms. The van der Waals surface area contributed by atoms with Gasteiger partial charge in [0.25, 0.3) is 0 Å². The van der Waals surface area contributed by atoms with Crippen LogP contribution in [0.25, 0.3) is 0 Å². The van der Waals surface area contributed by atoms with Crippen LogP contribution in [0.1, 0.15) is 11.6 Å². The number of hydrogen-bond acceptors (Lipinski definition) is 5. The molecule has 28 heavy (non-hydrogen) atoms. The molecule has 6 nitrogen and oxygen atoms in total. The first-order valence-corrected chi connectivity index (χ1v) is 9.57. The van der Waals surface area contributed by atoms with E-state index in [4.69, 9.17) is 4.74 Å². The zero-order valence-electron chi connectivity index (χ0n) is 15.9. The predicted molar refractivity (Wildman–Crippen MR) is 106 cm³/mol. The van der Waals surface area contributed by atoms with E-state index in [-0.39, 0.29) is 23.7 Å². The Morgan fingerprint density at radius 3 is 2.57 bits per heavy atom. The Bertz CT molecular complexity index is 821. The molecule has 2 saturated heterocycles. The maximum atomic E-state index is 13.2. The van der Waals surface area contributed by atoms with Crippen LogP contribution in [0, 0.1) is 11.7 Å². The first-order valence-electron chi connectivity index (χ1n) is 9.57. The Morgan fingerprint density at radius 1 is 1.11 bits per heavy atom. The van der Waals surface area contributed by atoms with Gasteiger partial charge in [0.1, 0.15) is 11.6 Å². The minimum Gasteiger partial charge on any atom is -0.497 e. The highest BCUT2D eigenvalue weighted by Crippen LogP contribution is 2.28. The van der Waals surface area contributed by atoms with E-state index in [0.29, 0.717) is 19.6 Å². The third-order valence-corrected chi connectivity index (χ3v) is 5.54. The van der Waals surface area contributed by atoms with Gasteiger partial charge in [-0.3, -0.25) is 10.2 Å². The third-order valence-electron chi connectivity index (χ3n) is 5.54. The molecule has 0 aromatic heterocycles. The molecule has 1 amide bonds. The van der Waals surface area contributed by atoms with E-state index < -0.39 is 0 Å². The van der Waals surface area contributed by atoms with Gasteiger partial charge in [-0.25, -0.2) is 9.82 Å². The van der Waals surface area contributed by atoms with Crippen molar-refractivity contribution in [3.05, 3.63) is 59.9 Å². The maximum absolute atomic E-state index is 13.2. The fourth-order valence-corrected chi connectivity index (χ4v) is 3.94. The number of carbonyl (C=O) groups excluding carboxylic acids is 1. The number of carbonyl (C=O) groups is 1. The zero-order chi connectivity index (χ0) is 19.5. The molecule has 0 bridgehead atoms. The van der Waals surface area contributed by atoms with Crippen LogP contribution < -0.4 is 20.5 Å². The normalized spacial score (nSPS) is 22.4. The van der Waals surface area contributed by atoms with Gasteiger partial charge in [-0.05, 0) is 29.8 Å². The van der Waals surface area contributed by atoms with E-state index in [1.165, 1.54) is 12.1 Å². The van der Waals surface area contributed by atoms with Gasteiger partial charge in [0, 0.05) is 44.5 Å². The first kappa shape index (κ1) is 18.7. The van der Waals surface area contributed by atoms with Crippen LogP contribution in [0.4, 0.5) is 10.1 Å². The summed E-state index contributed by atoms with van der Waals surface area (Å²) in [6.45, 7) is 3.50. The highest BCUT2D eigenvalue weighted by molar-refractivity contribution is 5.80. The van der Waals surface area contributed by atoms with Crippen LogP contribution >= 0.6 is 0 Å². The second-order valence-corrected chi connectivity index (χ2v) is 7.17. The zero-order valence-corrected chi connectivity index (χ0v) is 15.9. The average Bonchev–Trinajstić information content (AvgIpc) is 3.24. The lowest BCUT2D eigenvalue weighted by Gasteiger charge is -2.37. The smallest absolute Gasteiger partial charge is 0.229 e. The Kier molecular flexibility index (Phi) is 5.45. The molecule has 7 heteroatoms. The second kappa shape index (κ2) is 8.16. The Hall–Kier alpha value is -2.64. The number of halogens is 1. The number of nitrogens with zero attached hydrogens (tertiary/aromatic N) is 2. The van der Waals surface area contributed by atoms with E-state index in [9.17, 15) is 9.18 Å². The second-order valence-electron chi connectivity index (χ2n) is 7.17. The van der Waals surface area contributed by atoms with E-state index in [1.54, 1.807) is 19.2 Å². The molecule has 2 aromatic rings. The topological polar surface area (TPSA) is 56.8 Å². The number of amides is 1. The molecular weight excluding hydrogens is 359 g/mol. The van der Waals surface area contributed by atoms with E-state index in [2.05, 4.69) is 21.8 Å². The number of ether oxygens (including phenoxy) is 1. The SMILES string of the molecule is COc1cccc(N2CCN(C(=O)C3CNNC3c3ccc(F)cc3)CC2)c1. The summed E-state index contributed by atoms with van der Waals surface area (Å²) < 4.78 is 18.5. The van der Waals surface area contributed by atoms with Gasteiger partial charge < -0.3 is 14.5 Å². The van der Waals surface area contributed by atoms with Gasteiger partial charge in [0.2, 0.25) is 5.91 Å². The number of anilines is 1. The monoisotopic (exact) mass is 384 g/mol. The highest BCUT2D eigenvalue weighted by Gasteiger charge is 2.37. The number of rotatable bonds is 4. The first-order chi connectivity index (χ1) is 13.7. The Labute approximate surface area is 164 Å². The Morgan fingerprint density at radius 2 is 1.86 bits per heavy atom. The molecule has 2 N–H and O–H groups in total. The van der Waals surface area contributed by atoms with Crippen LogP contribution in [0.3, 0.4) is 0 Å². The molecule has 4 rings (SSSR count). The number of nitrogens with one attached hydrogen (secondary N) is 2. The number of hydrogen-bond donors (Lipinski definition) is 2. The van der Waals surface area contributed by atoms with Crippen LogP contribution in [-0.2, 0) is 4.79 Å². The molecule has 2 heterocycles. The van der Waals surface area contributed by atoms with Crippen LogP contribution in [0.2, 0.25) is 0 Å². The molecule has 0 radical (unpaired) electrons. The van der Waals surface area contributed by atoms with Crippen molar-refractivity contribution >= 4 is 11.6 Å². The van der Waals surface area contributed by atoms with Crippen LogP contribution in [0.5, 0.6) is 5.75 Å². The quantitative estimate of drug-likeness (QED) is 0.844. The van der Waals surface area contributed by atoms with Gasteiger partial charge in [0.05, 0.1) is 19.1 Å². The van der Waals surface area contributed by atoms with Crippen molar-refractivity contribution in [2.75, 3.05) is 44.7 Å². The van der Waals surface area contributed by atoms with Gasteiger partial charge in [-0.2, -0.15) is 0 Å². The molecule has 0 aliphatic carbocycles. The summed E-state index contributed by atoms with van der Waals surface area (Å²) in [5, 5.41) is 0. The molecule has 2 fully saturated rings. The van der Waals surface area contributed by atoms with Gasteiger partial charge in [-0.1, -0.05) is 18.2 Å². The molecular formula is C21H25FN4O2. The molecule has 0 saturated carbocycles. The summed E-state index contributed by atoms with van der Waals surface area (Å²) in [5.41, 5.74) is 8.28. The summed E-state index contributed by atoms with van der Waals surface area (Å²) in [7, 11) is 1.66. The van der Waals surface area contributed by atoms with Crippen LogP contribution in [-0.4, -0.2) is 50.6 Å². The lowest BCUT2D eigenvalue weighted by atomic mass is 9.93. The summed E-state index contributed by atoms with van der Waals surface area (Å²) in [6.07, 6.45) is 0. The molecule has 2 atom stereocenters. The number of hydrazine groups is 1. The maximum Gasteiger partial charge on any atom is 0.229 e. The fraction of sp³-hybridized carbons (Fsp3) is 0.381. The van der Waals surface area contributed by atoms with Crippen molar-refractivity contribution in [2.24, 2.45) is 5.92 Å². The average molecular weight is 384 g/mol. The standard InChI is InChI=1S/C21H25FN4O2/c1-28-18-4-2-3-17(13-18)25-9-11-26(12-10-25)21(27)19-14-23-24-20(19)15-5-7-16(22)8-6-15/h2-8,13,19-20,23-24H,9-12,14H2,1H3. The fourth-order valence-electron chi connectivity index (χ4n) is 3.94. The van der Waals surface area contributed by atoms with Gasteiger partial charge in [0.15, 0.2) is 0 Å². The summed E-state index contributed by atoms with van der Waals surface area (Å²) in [6, 6.07) is 14.2. The molecule has 2 aromatic carbocycles. The minimum absolute atomic E-state index is 0.136. The molecule has 2 unspecified atom stereocenters. The lowest BCUT2D eigenvalue weighted by Crippen LogP contribution is -2.51. The molecule has 148 valence electrons. The van der Waals surface area contributed by atoms with Crippen molar-refractivity contribution in [3.63, 3.8) is 0 Å². The lowest BCUT2D eigenvalue weighted by molar-refractivity contribution is -0.135. The largest absolute Gasteiger partial charge is 0.497 e. The van der Waals surface area contributed by atoms with Crippen molar-refractivity contribution in [1.29, 1.82) is 0 Å². The Balaban J connectivity index is 1.40. The van der Waals surface area contributed by atoms with Crippen molar-refractivity contribution in [1.82, 2.24) is 15.8 Å². The van der Waals surface area contributed by atoms with Gasteiger partial charge in [-0.15, -0.1) is 0 Å². The minimum atomic E-state index is -0.272. The number of piperazine rings is 1. The van der Waals surface area contributed by atoms with Crippen molar-refractivity contribution in [3.8, 4) is 5.75 Å². The summed E-state index contributed by atoms with van der Waals surface area (Å²) in [4.78, 5) is 17.3. The van der Waals surface area contributed by atoms with E-state index >= 15 is 0 Å². The van der Waals surface area contributed by atoms with Gasteiger partial charge >= 0.3 is 0 Å². The highest BCUT2D eigenvalue weighted by atomic mass is 19.1. The number of benzene rings is 2. The summed E-state index contributed by atoms with van der Waals surface area (Å²) in [5.74, 6) is 0.499. The predicted octanol–water partition coefficient (Wildman–Crippen LogP) is 1.95. The van der Waals surface area contributed by atoms with Crippen molar-refractivity contribution in [2.45, 2.75) is 6.04 Å². The molecule has 2 aliphatic heterocycles. The molecule has 2 aliphatic rings. The third kappa shape index (κ3) is 3.81. The van der Waals surface area contributed by atoms with E-state index in [0.717, 1.165) is 30.1 Å². The van der Waals surface area contributed by atoms with Crippen LogP contribution in [0.15, 0.2) is 48.5 Å². The van der Waals surface area contributed by atoms with Crippen molar-refractivity contribution < 1.29 is 13.9 Å². The summed E-state index contributed by atoms with van der Waals surface area (Å²) >= 11 is 0. The van der Waals surface area contributed by atoms with E-state index in [1.807, 2.05) is 23.1 Å².